The van der Waals surface area contributed by atoms with Crippen LogP contribution in [0.4, 0.5) is 4.39 Å². The van der Waals surface area contributed by atoms with Gasteiger partial charge in [-0.25, -0.2) is 4.39 Å². The van der Waals surface area contributed by atoms with Crippen molar-refractivity contribution in [2.24, 2.45) is 11.3 Å². The summed E-state index contributed by atoms with van der Waals surface area (Å²) in [6.45, 7) is 1.32. The van der Waals surface area contributed by atoms with Gasteiger partial charge >= 0.3 is 0 Å². The number of carbonyl (C=O) groups excluding carboxylic acids is 1. The van der Waals surface area contributed by atoms with Gasteiger partial charge in [0.05, 0.1) is 11.1 Å². The van der Waals surface area contributed by atoms with Gasteiger partial charge < -0.3 is 15.0 Å². The Labute approximate surface area is 153 Å². The molecule has 0 radical (unpaired) electrons. The van der Waals surface area contributed by atoms with Crippen molar-refractivity contribution < 1.29 is 14.3 Å². The van der Waals surface area contributed by atoms with Crippen LogP contribution < -0.4 is 5.32 Å². The maximum Gasteiger partial charge on any atom is 0.253 e. The number of rotatable bonds is 6. The van der Waals surface area contributed by atoms with Crippen molar-refractivity contribution in [1.82, 2.24) is 9.88 Å². The molecule has 0 atom stereocenters. The third-order valence-electron chi connectivity index (χ3n) is 6.53. The predicted octanol–water partition coefficient (Wildman–Crippen LogP) is 3.86. The van der Waals surface area contributed by atoms with Crippen LogP contribution in [0.1, 0.15) is 55.3 Å². The van der Waals surface area contributed by atoms with Crippen LogP contribution in [-0.2, 0) is 6.54 Å². The van der Waals surface area contributed by atoms with Gasteiger partial charge in [0.25, 0.3) is 5.91 Å². The molecule has 1 heterocycles. The number of nitrogens with one attached hydrogen (secondary N) is 1. The average molecular weight is 358 g/mol. The molecule has 1 amide bonds. The summed E-state index contributed by atoms with van der Waals surface area (Å²) in [6.07, 6.45) is 9.75. The summed E-state index contributed by atoms with van der Waals surface area (Å²) < 4.78 is 16.3. The van der Waals surface area contributed by atoms with Crippen LogP contribution in [0.2, 0.25) is 0 Å². The van der Waals surface area contributed by atoms with Crippen molar-refractivity contribution >= 4 is 16.8 Å². The molecule has 2 N–H and O–H groups in total. The molecule has 0 aliphatic heterocycles. The smallest absolute Gasteiger partial charge is 0.253 e. The van der Waals surface area contributed by atoms with Crippen molar-refractivity contribution in [3.8, 4) is 0 Å². The predicted molar refractivity (Wildman–Crippen MR) is 99.6 cm³/mol. The summed E-state index contributed by atoms with van der Waals surface area (Å²) in [4.78, 5) is 12.9. The Morgan fingerprint density at radius 1 is 1.27 bits per heavy atom. The van der Waals surface area contributed by atoms with E-state index < -0.39 is 0 Å². The highest BCUT2D eigenvalue weighted by Gasteiger charge is 2.40. The van der Waals surface area contributed by atoms with Crippen LogP contribution >= 0.6 is 0 Å². The Balaban J connectivity index is 1.56. The zero-order valence-corrected chi connectivity index (χ0v) is 15.1. The first-order valence-electron chi connectivity index (χ1n) is 9.78. The molecule has 4 nitrogen and oxygen atoms in total. The summed E-state index contributed by atoms with van der Waals surface area (Å²) in [7, 11) is 0. The number of aromatic nitrogens is 1. The van der Waals surface area contributed by atoms with Crippen molar-refractivity contribution in [3.05, 3.63) is 35.8 Å². The molecule has 3 aliphatic rings. The first-order chi connectivity index (χ1) is 12.6. The summed E-state index contributed by atoms with van der Waals surface area (Å²) in [6, 6.07) is 4.89. The minimum Gasteiger partial charge on any atom is -0.396 e. The van der Waals surface area contributed by atoms with E-state index in [9.17, 15) is 9.18 Å². The number of hydrogen-bond acceptors (Lipinski definition) is 2. The Morgan fingerprint density at radius 2 is 2.00 bits per heavy atom. The van der Waals surface area contributed by atoms with Crippen LogP contribution in [0.3, 0.4) is 0 Å². The Morgan fingerprint density at radius 3 is 2.69 bits per heavy atom. The lowest BCUT2D eigenvalue weighted by atomic mass is 9.61. The summed E-state index contributed by atoms with van der Waals surface area (Å²) in [5.74, 6) is 0.336. The average Bonchev–Trinajstić information content (AvgIpc) is 3.06. The molecule has 0 spiro atoms. The normalized spacial score (nSPS) is 24.9. The topological polar surface area (TPSA) is 54.3 Å². The minimum absolute atomic E-state index is 0.0695. The molecular weight excluding hydrogens is 331 g/mol. The first-order valence-corrected chi connectivity index (χ1v) is 9.78. The highest BCUT2D eigenvalue weighted by Crippen LogP contribution is 2.49. The van der Waals surface area contributed by atoms with Gasteiger partial charge in [-0.2, -0.15) is 0 Å². The van der Waals surface area contributed by atoms with Crippen molar-refractivity contribution in [3.63, 3.8) is 0 Å². The highest BCUT2D eigenvalue weighted by molar-refractivity contribution is 6.07. The van der Waals surface area contributed by atoms with Crippen molar-refractivity contribution in [2.75, 3.05) is 13.2 Å². The summed E-state index contributed by atoms with van der Waals surface area (Å²) in [5.41, 5.74) is 1.36. The molecule has 3 aliphatic carbocycles. The molecular formula is C21H27FN2O2. The Bertz CT molecular complexity index is 792. The number of halogens is 1. The fourth-order valence-corrected chi connectivity index (χ4v) is 4.87. The largest absolute Gasteiger partial charge is 0.396 e. The molecule has 0 saturated heterocycles. The molecule has 2 bridgehead atoms. The number of aryl methyl sites for hydroxylation is 1. The van der Waals surface area contributed by atoms with E-state index in [1.54, 1.807) is 12.3 Å². The molecule has 3 fully saturated rings. The van der Waals surface area contributed by atoms with E-state index in [1.807, 2.05) is 10.6 Å². The van der Waals surface area contributed by atoms with E-state index in [2.05, 4.69) is 5.32 Å². The Kier molecular flexibility index (Phi) is 4.74. The van der Waals surface area contributed by atoms with E-state index in [1.165, 1.54) is 44.6 Å². The van der Waals surface area contributed by atoms with Crippen LogP contribution in [-0.4, -0.2) is 28.7 Å². The van der Waals surface area contributed by atoms with Gasteiger partial charge in [-0.1, -0.05) is 6.07 Å². The second kappa shape index (κ2) is 7.03. The number of nitrogens with zero attached hydrogens (tertiary/aromatic N) is 1. The first kappa shape index (κ1) is 17.5. The number of amides is 1. The maximum absolute atomic E-state index is 14.4. The van der Waals surface area contributed by atoms with Gasteiger partial charge in [-0.05, 0) is 68.4 Å². The minimum atomic E-state index is -0.369. The van der Waals surface area contributed by atoms with Gasteiger partial charge in [0.1, 0.15) is 5.82 Å². The number of hydrogen-bond donors (Lipinski definition) is 2. The monoisotopic (exact) mass is 358 g/mol. The number of aliphatic hydroxyl groups is 1. The Hall–Kier alpha value is -1.88. The number of aliphatic hydroxyl groups excluding tert-OH is 1. The van der Waals surface area contributed by atoms with Crippen LogP contribution in [0.15, 0.2) is 24.4 Å². The SMILES string of the molecule is O=C(NCC12CCC(CC1)CC2)c1cn(CCCO)c2cccc(F)c12. The lowest BCUT2D eigenvalue weighted by Crippen LogP contribution is -2.43. The quantitative estimate of drug-likeness (QED) is 0.824. The molecule has 2 aromatic rings. The summed E-state index contributed by atoms with van der Waals surface area (Å²) in [5, 5.41) is 12.6. The second-order valence-corrected chi connectivity index (χ2v) is 8.11. The molecule has 5 heteroatoms. The zero-order valence-electron chi connectivity index (χ0n) is 15.1. The standard InChI is InChI=1S/C21H27FN2O2/c22-17-3-1-4-18-19(17)16(13-24(18)11-2-12-25)20(26)23-14-21-8-5-15(6-9-21)7-10-21/h1,3-4,13,15,25H,2,5-12,14H2,(H,23,26). The maximum atomic E-state index is 14.4. The van der Waals surface area contributed by atoms with Gasteiger partial charge in [-0.3, -0.25) is 4.79 Å². The molecule has 3 saturated carbocycles. The number of benzene rings is 1. The van der Waals surface area contributed by atoms with Gasteiger partial charge in [0, 0.05) is 31.3 Å². The van der Waals surface area contributed by atoms with E-state index >= 15 is 0 Å². The lowest BCUT2D eigenvalue weighted by molar-refractivity contribution is 0.0597. The van der Waals surface area contributed by atoms with Gasteiger partial charge in [0.15, 0.2) is 0 Å². The molecule has 5 rings (SSSR count). The fraction of sp³-hybridized carbons (Fsp3) is 0.571. The van der Waals surface area contributed by atoms with Gasteiger partial charge in [0.2, 0.25) is 0 Å². The third-order valence-corrected chi connectivity index (χ3v) is 6.53. The summed E-state index contributed by atoms with van der Waals surface area (Å²) >= 11 is 0. The zero-order chi connectivity index (χ0) is 18.1. The number of fused-ring (bicyclic) bond motifs is 4. The molecule has 0 unspecified atom stereocenters. The van der Waals surface area contributed by atoms with E-state index in [0.717, 1.165) is 5.92 Å². The van der Waals surface area contributed by atoms with E-state index in [4.69, 9.17) is 5.11 Å². The molecule has 26 heavy (non-hydrogen) atoms. The lowest BCUT2D eigenvalue weighted by Gasteiger charge is -2.46. The fourth-order valence-electron chi connectivity index (χ4n) is 4.87. The van der Waals surface area contributed by atoms with Crippen LogP contribution in [0.5, 0.6) is 0 Å². The van der Waals surface area contributed by atoms with Crippen molar-refractivity contribution in [1.29, 1.82) is 0 Å². The molecule has 1 aromatic carbocycles. The number of carbonyl (C=O) groups is 1. The van der Waals surface area contributed by atoms with E-state index in [-0.39, 0.29) is 23.7 Å². The molecule has 1 aromatic heterocycles. The molecule has 140 valence electrons. The van der Waals surface area contributed by atoms with Crippen LogP contribution in [0, 0.1) is 17.2 Å². The van der Waals surface area contributed by atoms with Gasteiger partial charge in [-0.15, -0.1) is 0 Å². The van der Waals surface area contributed by atoms with Crippen LogP contribution in [0.25, 0.3) is 10.9 Å². The second-order valence-electron chi connectivity index (χ2n) is 8.11. The third kappa shape index (κ3) is 3.13. The van der Waals surface area contributed by atoms with E-state index in [0.29, 0.717) is 36.0 Å². The highest BCUT2D eigenvalue weighted by atomic mass is 19.1. The van der Waals surface area contributed by atoms with Crippen molar-refractivity contribution in [2.45, 2.75) is 51.5 Å².